The van der Waals surface area contributed by atoms with Crippen molar-refractivity contribution >= 4 is 16.8 Å². The van der Waals surface area contributed by atoms with Crippen LogP contribution in [0.1, 0.15) is 21.6 Å². The van der Waals surface area contributed by atoms with Gasteiger partial charge in [0, 0.05) is 17.4 Å². The molecule has 2 aromatic carbocycles. The Morgan fingerprint density at radius 1 is 1.21 bits per heavy atom. The van der Waals surface area contributed by atoms with Crippen molar-refractivity contribution in [3.8, 4) is 5.75 Å². The Hall–Kier alpha value is -2.82. The molecule has 0 bridgehead atoms. The molecule has 0 spiro atoms. The second-order valence-corrected chi connectivity index (χ2v) is 5.67. The minimum atomic E-state index is -0.309. The molecule has 5 heteroatoms. The highest BCUT2D eigenvalue weighted by Gasteiger charge is 2.14. The minimum Gasteiger partial charge on any atom is -0.497 e. The molecule has 124 valence electrons. The lowest BCUT2D eigenvalue weighted by atomic mass is 10.1. The summed E-state index contributed by atoms with van der Waals surface area (Å²) in [4.78, 5) is 15.4. The molecule has 0 radical (unpaired) electrons. The van der Waals surface area contributed by atoms with E-state index in [9.17, 15) is 9.18 Å². The van der Waals surface area contributed by atoms with Crippen molar-refractivity contribution in [2.45, 2.75) is 13.3 Å². The van der Waals surface area contributed by atoms with Crippen LogP contribution in [-0.2, 0) is 6.42 Å². The van der Waals surface area contributed by atoms with Gasteiger partial charge in [-0.15, -0.1) is 0 Å². The van der Waals surface area contributed by atoms with Gasteiger partial charge in [0.15, 0.2) is 0 Å². The molecule has 2 N–H and O–H groups in total. The van der Waals surface area contributed by atoms with Gasteiger partial charge in [-0.05, 0) is 54.8 Å². The molecule has 0 saturated heterocycles. The summed E-state index contributed by atoms with van der Waals surface area (Å²) in [6.45, 7) is 2.34. The van der Waals surface area contributed by atoms with Gasteiger partial charge in [0.2, 0.25) is 0 Å². The number of amides is 1. The second-order valence-electron chi connectivity index (χ2n) is 5.67. The van der Waals surface area contributed by atoms with E-state index in [-0.39, 0.29) is 11.7 Å². The quantitative estimate of drug-likeness (QED) is 0.753. The fraction of sp³-hybridized carbons (Fsp3) is 0.211. The van der Waals surface area contributed by atoms with Crippen LogP contribution in [-0.4, -0.2) is 24.5 Å². The van der Waals surface area contributed by atoms with Gasteiger partial charge >= 0.3 is 0 Å². The lowest BCUT2D eigenvalue weighted by Gasteiger charge is -2.06. The van der Waals surface area contributed by atoms with Crippen molar-refractivity contribution in [2.24, 2.45) is 0 Å². The first kappa shape index (κ1) is 16.1. The van der Waals surface area contributed by atoms with E-state index in [4.69, 9.17) is 4.74 Å². The number of methoxy groups -OCH3 is 1. The second kappa shape index (κ2) is 6.74. The summed E-state index contributed by atoms with van der Waals surface area (Å²) in [5.41, 5.74) is 3.11. The highest BCUT2D eigenvalue weighted by molar-refractivity contribution is 6.00. The number of benzene rings is 2. The van der Waals surface area contributed by atoms with Gasteiger partial charge in [0.25, 0.3) is 5.91 Å². The fourth-order valence-corrected chi connectivity index (χ4v) is 2.73. The molecule has 1 aromatic heterocycles. The van der Waals surface area contributed by atoms with Gasteiger partial charge in [-0.1, -0.05) is 12.1 Å². The number of rotatable bonds is 5. The van der Waals surface area contributed by atoms with E-state index in [0.717, 1.165) is 34.2 Å². The van der Waals surface area contributed by atoms with E-state index in [0.29, 0.717) is 12.2 Å². The van der Waals surface area contributed by atoms with E-state index >= 15 is 0 Å². The van der Waals surface area contributed by atoms with Crippen molar-refractivity contribution in [1.82, 2.24) is 10.3 Å². The molecule has 1 heterocycles. The third-order valence-corrected chi connectivity index (χ3v) is 4.11. The first-order chi connectivity index (χ1) is 11.6. The number of ether oxygens (including phenoxy) is 1. The Labute approximate surface area is 139 Å². The lowest BCUT2D eigenvalue weighted by molar-refractivity contribution is 0.0949. The molecular formula is C19H19FN2O2. The number of halogens is 1. The highest BCUT2D eigenvalue weighted by atomic mass is 19.1. The van der Waals surface area contributed by atoms with Gasteiger partial charge in [0.05, 0.1) is 7.11 Å². The molecule has 0 aliphatic rings. The van der Waals surface area contributed by atoms with Crippen molar-refractivity contribution < 1.29 is 13.9 Å². The van der Waals surface area contributed by atoms with E-state index in [1.165, 1.54) is 12.1 Å². The maximum atomic E-state index is 13.3. The zero-order valence-electron chi connectivity index (χ0n) is 13.7. The monoisotopic (exact) mass is 326 g/mol. The van der Waals surface area contributed by atoms with E-state index in [1.807, 2.05) is 31.2 Å². The van der Waals surface area contributed by atoms with E-state index in [2.05, 4.69) is 10.3 Å². The first-order valence-electron chi connectivity index (χ1n) is 7.77. The average Bonchev–Trinajstić information content (AvgIpc) is 2.92. The van der Waals surface area contributed by atoms with E-state index in [1.54, 1.807) is 13.2 Å². The van der Waals surface area contributed by atoms with Crippen molar-refractivity contribution in [3.63, 3.8) is 0 Å². The summed E-state index contributed by atoms with van der Waals surface area (Å²) >= 11 is 0. The van der Waals surface area contributed by atoms with Gasteiger partial charge < -0.3 is 15.0 Å². The summed E-state index contributed by atoms with van der Waals surface area (Å²) in [7, 11) is 1.63. The number of aryl methyl sites for hydroxylation is 1. The smallest absolute Gasteiger partial charge is 0.268 e. The maximum absolute atomic E-state index is 13.3. The molecule has 0 aliphatic carbocycles. The number of carbonyl (C=O) groups excluding carboxylic acids is 1. The number of aromatic amines is 1. The summed E-state index contributed by atoms with van der Waals surface area (Å²) in [6.07, 6.45) is 0.726. The van der Waals surface area contributed by atoms with Crippen LogP contribution in [0.3, 0.4) is 0 Å². The Bertz CT molecular complexity index is 869. The SMILES string of the molecule is COc1ccc(CCNC(=O)c2[nH]c3ccc(F)cc3c2C)cc1. The van der Waals surface area contributed by atoms with Gasteiger partial charge in [-0.3, -0.25) is 4.79 Å². The van der Waals surface area contributed by atoms with Crippen molar-refractivity contribution in [3.05, 3.63) is 65.1 Å². The third kappa shape index (κ3) is 3.25. The lowest BCUT2D eigenvalue weighted by Crippen LogP contribution is -2.26. The summed E-state index contributed by atoms with van der Waals surface area (Å²) in [6, 6.07) is 12.2. The number of hydrogen-bond acceptors (Lipinski definition) is 2. The number of hydrogen-bond donors (Lipinski definition) is 2. The van der Waals surface area contributed by atoms with Crippen LogP contribution in [0.4, 0.5) is 4.39 Å². The van der Waals surface area contributed by atoms with E-state index < -0.39 is 0 Å². The molecule has 3 aromatic rings. The Morgan fingerprint density at radius 2 is 1.96 bits per heavy atom. The van der Waals surface area contributed by atoms with Crippen LogP contribution in [0.5, 0.6) is 5.75 Å². The largest absolute Gasteiger partial charge is 0.497 e. The predicted octanol–water partition coefficient (Wildman–Crippen LogP) is 3.60. The number of aromatic nitrogens is 1. The molecule has 4 nitrogen and oxygen atoms in total. The summed E-state index contributed by atoms with van der Waals surface area (Å²) in [5, 5.41) is 3.63. The van der Waals surface area contributed by atoms with Crippen LogP contribution >= 0.6 is 0 Å². The standard InChI is InChI=1S/C19H19FN2O2/c1-12-16-11-14(20)5-8-17(16)22-18(12)19(23)21-10-9-13-3-6-15(24-2)7-4-13/h3-8,11,22H,9-10H2,1-2H3,(H,21,23). The topological polar surface area (TPSA) is 54.1 Å². The number of H-pyrrole nitrogens is 1. The van der Waals surface area contributed by atoms with Gasteiger partial charge in [-0.2, -0.15) is 0 Å². The predicted molar refractivity (Wildman–Crippen MR) is 92.0 cm³/mol. The molecule has 0 fully saturated rings. The summed E-state index contributed by atoms with van der Waals surface area (Å²) < 4.78 is 18.5. The fourth-order valence-electron chi connectivity index (χ4n) is 2.73. The van der Waals surface area contributed by atoms with Crippen LogP contribution in [0.2, 0.25) is 0 Å². The normalized spacial score (nSPS) is 10.8. The highest BCUT2D eigenvalue weighted by Crippen LogP contribution is 2.22. The molecule has 24 heavy (non-hydrogen) atoms. The zero-order chi connectivity index (χ0) is 17.1. The number of nitrogens with one attached hydrogen (secondary N) is 2. The Kier molecular flexibility index (Phi) is 4.51. The molecule has 3 rings (SSSR count). The Morgan fingerprint density at radius 3 is 2.67 bits per heavy atom. The van der Waals surface area contributed by atoms with Gasteiger partial charge in [0.1, 0.15) is 17.3 Å². The van der Waals surface area contributed by atoms with Crippen LogP contribution in [0.15, 0.2) is 42.5 Å². The minimum absolute atomic E-state index is 0.183. The molecule has 0 saturated carbocycles. The van der Waals surface area contributed by atoms with Crippen LogP contribution in [0.25, 0.3) is 10.9 Å². The molecule has 0 unspecified atom stereocenters. The average molecular weight is 326 g/mol. The third-order valence-electron chi connectivity index (χ3n) is 4.11. The zero-order valence-corrected chi connectivity index (χ0v) is 13.7. The molecule has 0 atom stereocenters. The number of carbonyl (C=O) groups is 1. The molecule has 1 amide bonds. The van der Waals surface area contributed by atoms with Gasteiger partial charge in [-0.25, -0.2) is 4.39 Å². The summed E-state index contributed by atoms with van der Waals surface area (Å²) in [5.74, 6) is 0.317. The van der Waals surface area contributed by atoms with Crippen LogP contribution in [0, 0.1) is 12.7 Å². The van der Waals surface area contributed by atoms with Crippen molar-refractivity contribution in [2.75, 3.05) is 13.7 Å². The van der Waals surface area contributed by atoms with Crippen molar-refractivity contribution in [1.29, 1.82) is 0 Å². The van der Waals surface area contributed by atoms with Crippen LogP contribution < -0.4 is 10.1 Å². The first-order valence-corrected chi connectivity index (χ1v) is 7.77. The Balaban J connectivity index is 1.65. The number of fused-ring (bicyclic) bond motifs is 1. The molecular weight excluding hydrogens is 307 g/mol. The maximum Gasteiger partial charge on any atom is 0.268 e. The molecule has 0 aliphatic heterocycles.